The van der Waals surface area contributed by atoms with Gasteiger partial charge in [0.2, 0.25) is 5.91 Å². The van der Waals surface area contributed by atoms with E-state index >= 15 is 0 Å². The lowest BCUT2D eigenvalue weighted by molar-refractivity contribution is -0.122. The van der Waals surface area contributed by atoms with Crippen molar-refractivity contribution in [2.24, 2.45) is 0 Å². The largest absolute Gasteiger partial charge is 0.357 e. The zero-order valence-corrected chi connectivity index (χ0v) is 14.4. The predicted octanol–water partition coefficient (Wildman–Crippen LogP) is 3.06. The van der Waals surface area contributed by atoms with Crippen LogP contribution in [-0.2, 0) is 17.6 Å². The quantitative estimate of drug-likeness (QED) is 0.883. The average Bonchev–Trinajstić information content (AvgIpc) is 2.67. The van der Waals surface area contributed by atoms with Crippen molar-refractivity contribution in [1.29, 1.82) is 0 Å². The molecule has 26 heavy (non-hydrogen) atoms. The minimum absolute atomic E-state index is 0.176. The van der Waals surface area contributed by atoms with Gasteiger partial charge in [-0.3, -0.25) is 9.59 Å². The third-order valence-electron chi connectivity index (χ3n) is 4.67. The smallest absolute Gasteiger partial charge is 0.252 e. The number of carbonyl (C=O) groups excluding carboxylic acids is 2. The summed E-state index contributed by atoms with van der Waals surface area (Å²) < 4.78 is 26.7. The minimum Gasteiger partial charge on any atom is -0.357 e. The number of rotatable bonds is 4. The van der Waals surface area contributed by atoms with E-state index in [9.17, 15) is 18.4 Å². The summed E-state index contributed by atoms with van der Waals surface area (Å²) in [4.78, 5) is 24.8. The second kappa shape index (κ2) is 7.64. The fourth-order valence-electron chi connectivity index (χ4n) is 3.23. The van der Waals surface area contributed by atoms with Crippen LogP contribution in [0.5, 0.6) is 0 Å². The Bertz CT molecular complexity index is 852. The standard InChI is InChI=1S/C20H20F2N2O2/c1-23-20(26)18(14-8-9-16(21)17(22)11-14)24-19(25)15-7-6-12-4-2-3-5-13(12)10-15/h6-11,18H,2-5H2,1H3,(H,23,26)(H,24,25). The molecule has 1 aliphatic rings. The molecule has 0 radical (unpaired) electrons. The van der Waals surface area contributed by atoms with Crippen molar-refractivity contribution < 1.29 is 18.4 Å². The fourth-order valence-corrected chi connectivity index (χ4v) is 3.23. The van der Waals surface area contributed by atoms with Crippen molar-refractivity contribution in [1.82, 2.24) is 10.6 Å². The zero-order chi connectivity index (χ0) is 18.7. The third-order valence-corrected chi connectivity index (χ3v) is 4.67. The molecule has 1 unspecified atom stereocenters. The van der Waals surface area contributed by atoms with Crippen LogP contribution in [0.3, 0.4) is 0 Å². The van der Waals surface area contributed by atoms with E-state index in [2.05, 4.69) is 10.6 Å². The number of likely N-dealkylation sites (N-methyl/N-ethyl adjacent to an activating group) is 1. The van der Waals surface area contributed by atoms with E-state index in [4.69, 9.17) is 0 Å². The highest BCUT2D eigenvalue weighted by atomic mass is 19.2. The van der Waals surface area contributed by atoms with Gasteiger partial charge in [-0.15, -0.1) is 0 Å². The molecular weight excluding hydrogens is 338 g/mol. The number of aryl methyl sites for hydroxylation is 2. The van der Waals surface area contributed by atoms with E-state index in [1.54, 1.807) is 6.07 Å². The van der Waals surface area contributed by atoms with Crippen molar-refractivity contribution in [3.63, 3.8) is 0 Å². The molecule has 1 atom stereocenters. The monoisotopic (exact) mass is 358 g/mol. The Morgan fingerprint density at radius 1 is 0.962 bits per heavy atom. The van der Waals surface area contributed by atoms with E-state index in [1.807, 2.05) is 12.1 Å². The zero-order valence-electron chi connectivity index (χ0n) is 14.4. The van der Waals surface area contributed by atoms with E-state index < -0.39 is 29.5 Å². The number of fused-ring (bicyclic) bond motifs is 1. The maximum Gasteiger partial charge on any atom is 0.252 e. The van der Waals surface area contributed by atoms with Gasteiger partial charge in [0.1, 0.15) is 6.04 Å². The number of halogens is 2. The summed E-state index contributed by atoms with van der Waals surface area (Å²) >= 11 is 0. The molecule has 0 fully saturated rings. The summed E-state index contributed by atoms with van der Waals surface area (Å²) in [5.41, 5.74) is 3.01. The summed E-state index contributed by atoms with van der Waals surface area (Å²) in [7, 11) is 1.42. The van der Waals surface area contributed by atoms with E-state index in [1.165, 1.54) is 18.7 Å². The molecule has 2 N–H and O–H groups in total. The molecule has 0 spiro atoms. The highest BCUT2D eigenvalue weighted by Crippen LogP contribution is 2.23. The Morgan fingerprint density at radius 3 is 2.38 bits per heavy atom. The summed E-state index contributed by atoms with van der Waals surface area (Å²) in [5, 5.41) is 5.05. The molecule has 1 aliphatic carbocycles. The molecular formula is C20H20F2N2O2. The molecule has 0 saturated carbocycles. The molecule has 0 aliphatic heterocycles. The van der Waals surface area contributed by atoms with Crippen LogP contribution in [0.1, 0.15) is 45.9 Å². The number of carbonyl (C=O) groups is 2. The van der Waals surface area contributed by atoms with Crippen molar-refractivity contribution in [3.8, 4) is 0 Å². The Kier molecular flexibility index (Phi) is 5.30. The van der Waals surface area contributed by atoms with Crippen LogP contribution in [-0.4, -0.2) is 18.9 Å². The van der Waals surface area contributed by atoms with Crippen LogP contribution in [0, 0.1) is 11.6 Å². The SMILES string of the molecule is CNC(=O)C(NC(=O)c1ccc2c(c1)CCCC2)c1ccc(F)c(F)c1. The minimum atomic E-state index is -1.11. The maximum atomic E-state index is 13.5. The molecule has 4 nitrogen and oxygen atoms in total. The van der Waals surface area contributed by atoms with Crippen LogP contribution in [0.4, 0.5) is 8.78 Å². The van der Waals surface area contributed by atoms with Crippen molar-refractivity contribution in [2.75, 3.05) is 7.05 Å². The highest BCUT2D eigenvalue weighted by molar-refractivity contribution is 5.98. The summed E-state index contributed by atoms with van der Waals surface area (Å²) in [6, 6.07) is 7.54. The fraction of sp³-hybridized carbons (Fsp3) is 0.300. The van der Waals surface area contributed by atoms with Crippen LogP contribution in [0.25, 0.3) is 0 Å². The summed E-state index contributed by atoms with van der Waals surface area (Å²) in [6.45, 7) is 0. The number of nitrogens with one attached hydrogen (secondary N) is 2. The Balaban J connectivity index is 1.85. The molecule has 2 amide bonds. The number of hydrogen-bond donors (Lipinski definition) is 2. The van der Waals surface area contributed by atoms with E-state index in [0.29, 0.717) is 5.56 Å². The first-order valence-electron chi connectivity index (χ1n) is 8.59. The van der Waals surface area contributed by atoms with Gasteiger partial charge in [-0.25, -0.2) is 8.78 Å². The van der Waals surface area contributed by atoms with Gasteiger partial charge in [-0.05, 0) is 66.6 Å². The molecule has 0 aromatic heterocycles. The van der Waals surface area contributed by atoms with Gasteiger partial charge in [0.05, 0.1) is 0 Å². The first-order chi connectivity index (χ1) is 12.5. The summed E-state index contributed by atoms with van der Waals surface area (Å²) in [6.07, 6.45) is 4.17. The second-order valence-electron chi connectivity index (χ2n) is 6.38. The lowest BCUT2D eigenvalue weighted by Gasteiger charge is -2.20. The number of amides is 2. The van der Waals surface area contributed by atoms with Gasteiger partial charge in [-0.1, -0.05) is 12.1 Å². The normalized spacial score (nSPS) is 14.3. The molecule has 0 bridgehead atoms. The van der Waals surface area contributed by atoms with Crippen molar-refractivity contribution in [3.05, 3.63) is 70.3 Å². The molecule has 6 heteroatoms. The molecule has 3 rings (SSSR count). The lowest BCUT2D eigenvalue weighted by Crippen LogP contribution is -2.39. The Morgan fingerprint density at radius 2 is 1.69 bits per heavy atom. The van der Waals surface area contributed by atoms with Gasteiger partial charge in [0, 0.05) is 12.6 Å². The van der Waals surface area contributed by atoms with Gasteiger partial charge in [0.25, 0.3) is 5.91 Å². The lowest BCUT2D eigenvalue weighted by atomic mass is 9.90. The molecule has 0 heterocycles. The maximum absolute atomic E-state index is 13.5. The second-order valence-corrected chi connectivity index (χ2v) is 6.38. The summed E-state index contributed by atoms with van der Waals surface area (Å²) in [5.74, 6) is -3.02. The van der Waals surface area contributed by atoms with Crippen LogP contribution in [0.15, 0.2) is 36.4 Å². The van der Waals surface area contributed by atoms with Gasteiger partial charge < -0.3 is 10.6 Å². The molecule has 2 aromatic rings. The van der Waals surface area contributed by atoms with Gasteiger partial charge in [-0.2, -0.15) is 0 Å². The van der Waals surface area contributed by atoms with Gasteiger partial charge >= 0.3 is 0 Å². The highest BCUT2D eigenvalue weighted by Gasteiger charge is 2.24. The first-order valence-corrected chi connectivity index (χ1v) is 8.59. The van der Waals surface area contributed by atoms with Crippen LogP contribution < -0.4 is 10.6 Å². The van der Waals surface area contributed by atoms with E-state index in [-0.39, 0.29) is 5.56 Å². The molecule has 136 valence electrons. The Labute approximate surface area is 150 Å². The van der Waals surface area contributed by atoms with Crippen molar-refractivity contribution >= 4 is 11.8 Å². The van der Waals surface area contributed by atoms with Crippen molar-refractivity contribution in [2.45, 2.75) is 31.7 Å². The number of hydrogen-bond acceptors (Lipinski definition) is 2. The van der Waals surface area contributed by atoms with Crippen LogP contribution >= 0.6 is 0 Å². The Hall–Kier alpha value is -2.76. The number of benzene rings is 2. The molecule has 0 saturated heterocycles. The van der Waals surface area contributed by atoms with Crippen LogP contribution in [0.2, 0.25) is 0 Å². The van der Waals surface area contributed by atoms with Gasteiger partial charge in [0.15, 0.2) is 11.6 Å². The predicted molar refractivity (Wildman–Crippen MR) is 93.7 cm³/mol. The average molecular weight is 358 g/mol. The topological polar surface area (TPSA) is 58.2 Å². The molecule has 2 aromatic carbocycles. The van der Waals surface area contributed by atoms with E-state index in [0.717, 1.165) is 43.4 Å². The first kappa shape index (κ1) is 18.0. The third kappa shape index (κ3) is 3.74.